The van der Waals surface area contributed by atoms with Gasteiger partial charge >= 0.3 is 5.97 Å². The lowest BCUT2D eigenvalue weighted by atomic mass is 9.62. The number of ketones is 1. The average molecular weight is 396 g/mol. The third-order valence-corrected chi connectivity index (χ3v) is 5.93. The van der Waals surface area contributed by atoms with E-state index in [2.05, 4.69) is 0 Å². The average Bonchev–Trinajstić information content (AvgIpc) is 2.93. The molecule has 5 nitrogen and oxygen atoms in total. The first-order valence-electron chi connectivity index (χ1n) is 8.87. The van der Waals surface area contributed by atoms with Crippen LogP contribution < -0.4 is 4.90 Å². The minimum Gasteiger partial charge on any atom is -0.469 e. The Morgan fingerprint density at radius 1 is 1.14 bits per heavy atom. The summed E-state index contributed by atoms with van der Waals surface area (Å²) >= 11 is 5.96. The molecular formula is C22H18ClNO4. The Hall–Kier alpha value is -2.92. The van der Waals surface area contributed by atoms with Crippen molar-refractivity contribution >= 4 is 40.5 Å². The number of hydrogen-bond acceptors (Lipinski definition) is 4. The summed E-state index contributed by atoms with van der Waals surface area (Å²) in [5, 5.41) is 0.578. The van der Waals surface area contributed by atoms with Gasteiger partial charge in [-0.3, -0.25) is 14.4 Å². The van der Waals surface area contributed by atoms with Crippen LogP contribution in [0.2, 0.25) is 5.02 Å². The van der Waals surface area contributed by atoms with Crippen LogP contribution in [0.15, 0.2) is 54.6 Å². The summed E-state index contributed by atoms with van der Waals surface area (Å²) in [6, 6.07) is 14.1. The number of hydrogen-bond donors (Lipinski definition) is 0. The van der Waals surface area contributed by atoms with E-state index in [1.807, 2.05) is 0 Å². The van der Waals surface area contributed by atoms with Crippen LogP contribution in [0.25, 0.3) is 5.57 Å². The zero-order chi connectivity index (χ0) is 20.1. The van der Waals surface area contributed by atoms with Crippen LogP contribution in [0.4, 0.5) is 5.69 Å². The number of carbonyl (C=O) groups is 3. The Kier molecular flexibility index (Phi) is 4.35. The molecule has 0 unspecified atom stereocenters. The number of anilines is 1. The van der Waals surface area contributed by atoms with E-state index in [-0.39, 0.29) is 6.42 Å². The molecule has 0 saturated heterocycles. The maximum atomic E-state index is 13.5. The number of ether oxygens (including phenoxy) is 1. The van der Waals surface area contributed by atoms with Crippen molar-refractivity contribution in [2.24, 2.45) is 5.92 Å². The van der Waals surface area contributed by atoms with Gasteiger partial charge < -0.3 is 9.64 Å². The molecule has 0 fully saturated rings. The third kappa shape index (κ3) is 2.43. The molecule has 1 aliphatic heterocycles. The van der Waals surface area contributed by atoms with E-state index in [1.165, 1.54) is 18.1 Å². The molecule has 0 N–H and O–H groups in total. The highest BCUT2D eigenvalue weighted by molar-refractivity contribution is 6.31. The molecule has 2 aromatic carbocycles. The molecule has 1 aliphatic carbocycles. The number of esters is 1. The highest BCUT2D eigenvalue weighted by Crippen LogP contribution is 2.52. The number of nitrogens with zero attached hydrogens (tertiary/aromatic N) is 1. The lowest BCUT2D eigenvalue weighted by Gasteiger charge is -2.36. The van der Waals surface area contributed by atoms with E-state index >= 15 is 0 Å². The molecule has 0 saturated carbocycles. The molecule has 142 valence electrons. The van der Waals surface area contributed by atoms with Gasteiger partial charge in [-0.15, -0.1) is 0 Å². The van der Waals surface area contributed by atoms with E-state index in [1.54, 1.807) is 55.6 Å². The summed E-state index contributed by atoms with van der Waals surface area (Å²) in [7, 11) is 2.89. The summed E-state index contributed by atoms with van der Waals surface area (Å²) in [6.07, 6.45) is 1.70. The SMILES string of the molecule is COC(=O)[C@@H]1CC(c2ccc(Cl)cc2)=CC(=O)[C@@]12C(=O)N(C)c1ccccc12. The fourth-order valence-electron chi connectivity index (χ4n) is 4.31. The van der Waals surface area contributed by atoms with Gasteiger partial charge in [0, 0.05) is 23.3 Å². The first-order valence-corrected chi connectivity index (χ1v) is 9.25. The number of likely N-dealkylation sites (N-methyl/N-ethyl adjacent to an activating group) is 1. The number of amides is 1. The molecule has 1 amide bonds. The van der Waals surface area contributed by atoms with E-state index in [4.69, 9.17) is 16.3 Å². The maximum absolute atomic E-state index is 13.5. The second-order valence-corrected chi connectivity index (χ2v) is 7.45. The Labute approximate surface area is 167 Å². The van der Waals surface area contributed by atoms with Crippen molar-refractivity contribution in [1.29, 1.82) is 0 Å². The molecule has 0 aromatic heterocycles. The molecule has 6 heteroatoms. The third-order valence-electron chi connectivity index (χ3n) is 5.67. The summed E-state index contributed by atoms with van der Waals surface area (Å²) in [4.78, 5) is 41.0. The van der Waals surface area contributed by atoms with Crippen molar-refractivity contribution < 1.29 is 19.1 Å². The normalized spacial score (nSPS) is 23.6. The standard InChI is InChI=1S/C22H18ClNO4/c1-24-18-6-4-3-5-16(18)22(21(24)27)17(20(26)28-2)11-14(12-19(22)25)13-7-9-15(23)10-8-13/h3-10,12,17H,11H2,1-2H3/t17-,22-/m0/s1. The van der Waals surface area contributed by atoms with Crippen molar-refractivity contribution in [2.75, 3.05) is 19.1 Å². The van der Waals surface area contributed by atoms with E-state index in [9.17, 15) is 14.4 Å². The van der Waals surface area contributed by atoms with Gasteiger partial charge in [0.1, 0.15) is 0 Å². The highest BCUT2D eigenvalue weighted by Gasteiger charge is 2.63. The number of methoxy groups -OCH3 is 1. The number of para-hydroxylation sites is 1. The first kappa shape index (κ1) is 18.4. The number of fused-ring (bicyclic) bond motifs is 2. The second-order valence-electron chi connectivity index (χ2n) is 7.01. The zero-order valence-corrected chi connectivity index (χ0v) is 16.2. The minimum atomic E-state index is -1.59. The zero-order valence-electron chi connectivity index (χ0n) is 15.4. The fourth-order valence-corrected chi connectivity index (χ4v) is 4.43. The summed E-state index contributed by atoms with van der Waals surface area (Å²) in [5.41, 5.74) is 1.07. The van der Waals surface area contributed by atoms with E-state index < -0.39 is 29.0 Å². The Balaban J connectivity index is 1.92. The molecular weight excluding hydrogens is 378 g/mol. The Morgan fingerprint density at radius 3 is 2.50 bits per heavy atom. The van der Waals surface area contributed by atoms with Gasteiger partial charge in [-0.25, -0.2) is 0 Å². The molecule has 2 atom stereocenters. The van der Waals surface area contributed by atoms with Gasteiger partial charge in [-0.2, -0.15) is 0 Å². The van der Waals surface area contributed by atoms with Crippen LogP contribution in [0.3, 0.4) is 0 Å². The van der Waals surface area contributed by atoms with Crippen LogP contribution in [0, 0.1) is 5.92 Å². The molecule has 1 heterocycles. The van der Waals surface area contributed by atoms with Crippen LogP contribution in [0.1, 0.15) is 17.5 Å². The number of carbonyl (C=O) groups excluding carboxylic acids is 3. The van der Waals surface area contributed by atoms with Crippen molar-refractivity contribution in [1.82, 2.24) is 0 Å². The number of allylic oxidation sites excluding steroid dienone is 2. The van der Waals surface area contributed by atoms with Gasteiger partial charge in [-0.05, 0) is 41.8 Å². The highest BCUT2D eigenvalue weighted by atomic mass is 35.5. The van der Waals surface area contributed by atoms with Gasteiger partial charge in [0.15, 0.2) is 11.2 Å². The van der Waals surface area contributed by atoms with Crippen LogP contribution in [0.5, 0.6) is 0 Å². The quantitative estimate of drug-likeness (QED) is 0.577. The molecule has 0 bridgehead atoms. The second kappa shape index (κ2) is 6.60. The summed E-state index contributed by atoms with van der Waals surface area (Å²) < 4.78 is 5.02. The van der Waals surface area contributed by atoms with Gasteiger partial charge in [0.2, 0.25) is 5.91 Å². The predicted molar refractivity (Wildman–Crippen MR) is 106 cm³/mol. The number of rotatable bonds is 2. The Morgan fingerprint density at radius 2 is 1.82 bits per heavy atom. The number of benzene rings is 2. The topological polar surface area (TPSA) is 63.7 Å². The van der Waals surface area contributed by atoms with Crippen LogP contribution in [-0.4, -0.2) is 31.8 Å². The molecule has 28 heavy (non-hydrogen) atoms. The van der Waals surface area contributed by atoms with Crippen LogP contribution >= 0.6 is 11.6 Å². The molecule has 4 rings (SSSR count). The predicted octanol–water partition coefficient (Wildman–Crippen LogP) is 3.40. The Bertz CT molecular complexity index is 1030. The fraction of sp³-hybridized carbons (Fsp3) is 0.227. The van der Waals surface area contributed by atoms with Gasteiger partial charge in [0.05, 0.1) is 13.0 Å². The number of halogens is 1. The molecule has 2 aliphatic rings. The molecule has 0 radical (unpaired) electrons. The maximum Gasteiger partial charge on any atom is 0.310 e. The largest absolute Gasteiger partial charge is 0.469 e. The van der Waals surface area contributed by atoms with Crippen molar-refractivity contribution in [3.05, 3.63) is 70.8 Å². The van der Waals surface area contributed by atoms with Crippen molar-refractivity contribution in [2.45, 2.75) is 11.8 Å². The summed E-state index contributed by atoms with van der Waals surface area (Å²) in [5.74, 6) is -2.33. The molecule has 2 aromatic rings. The smallest absolute Gasteiger partial charge is 0.310 e. The minimum absolute atomic E-state index is 0.216. The monoisotopic (exact) mass is 395 g/mol. The van der Waals surface area contributed by atoms with Gasteiger partial charge in [0.25, 0.3) is 0 Å². The summed E-state index contributed by atoms with van der Waals surface area (Å²) in [6.45, 7) is 0. The molecule has 1 spiro atoms. The van der Waals surface area contributed by atoms with Gasteiger partial charge in [-0.1, -0.05) is 41.9 Å². The van der Waals surface area contributed by atoms with Crippen molar-refractivity contribution in [3.63, 3.8) is 0 Å². The first-order chi connectivity index (χ1) is 13.4. The lowest BCUT2D eigenvalue weighted by molar-refractivity contribution is -0.154. The lowest BCUT2D eigenvalue weighted by Crippen LogP contribution is -2.54. The van der Waals surface area contributed by atoms with E-state index in [0.29, 0.717) is 21.8 Å². The van der Waals surface area contributed by atoms with Crippen LogP contribution in [-0.2, 0) is 24.5 Å². The van der Waals surface area contributed by atoms with Crippen molar-refractivity contribution in [3.8, 4) is 0 Å². The van der Waals surface area contributed by atoms with E-state index in [0.717, 1.165) is 5.56 Å².